The molecule has 0 spiro atoms. The van der Waals surface area contributed by atoms with Crippen molar-refractivity contribution in [1.82, 2.24) is 10.9 Å². The minimum absolute atomic E-state index is 0.173. The van der Waals surface area contributed by atoms with Crippen LogP contribution in [0.3, 0.4) is 0 Å². The Morgan fingerprint density at radius 3 is 2.00 bits per heavy atom. The van der Waals surface area contributed by atoms with Crippen LogP contribution in [0.25, 0.3) is 0 Å². The van der Waals surface area contributed by atoms with Crippen molar-refractivity contribution in [3.63, 3.8) is 0 Å². The fourth-order valence-electron chi connectivity index (χ4n) is 1.34. The smallest absolute Gasteiger partial charge is 0.412 e. The fraction of sp³-hybridized carbons (Fsp3) is 0.308. The lowest BCUT2D eigenvalue weighted by molar-refractivity contribution is 0.0636. The minimum atomic E-state index is -0.749. The number of ether oxygens (including phenoxy) is 1. The van der Waals surface area contributed by atoms with Crippen molar-refractivity contribution >= 4 is 40.8 Å². The number of hydrogen-bond acceptors (Lipinski definition) is 4. The van der Waals surface area contributed by atoms with E-state index in [1.165, 1.54) is 0 Å². The second-order valence-electron chi connectivity index (χ2n) is 5.27. The Hall–Kier alpha value is -2.55. The van der Waals surface area contributed by atoms with Crippen LogP contribution in [0.5, 0.6) is 0 Å². The van der Waals surface area contributed by atoms with E-state index in [-0.39, 0.29) is 5.11 Å². The lowest BCUT2D eigenvalue weighted by Gasteiger charge is -2.19. The number of primary amides is 1. The highest BCUT2D eigenvalue weighted by molar-refractivity contribution is 7.80. The molecule has 0 atom stereocenters. The van der Waals surface area contributed by atoms with Gasteiger partial charge in [0.2, 0.25) is 0 Å². The zero-order valence-corrected chi connectivity index (χ0v) is 13.3. The topological polar surface area (TPSA) is 118 Å². The fourth-order valence-corrected chi connectivity index (χ4v) is 1.51. The molecule has 0 saturated carbocycles. The number of urea groups is 1. The Kier molecular flexibility index (Phi) is 5.93. The molecule has 0 aromatic heterocycles. The Labute approximate surface area is 133 Å². The standard InChI is InChI=1S/C13H19N5O3S/c1-13(2,3)21-12(20)16-9-6-4-8(5-7-9)15-11(22)18-17-10(14)19/h4-7H,1-3H3,(H,16,20)(H3,14,17,19)(H2,15,18,22). The van der Waals surface area contributed by atoms with Gasteiger partial charge in [0.05, 0.1) is 0 Å². The van der Waals surface area contributed by atoms with Crippen molar-refractivity contribution in [2.75, 3.05) is 10.6 Å². The summed E-state index contributed by atoms with van der Waals surface area (Å²) in [4.78, 5) is 22.1. The lowest BCUT2D eigenvalue weighted by Crippen LogP contribution is -2.46. The first-order valence-corrected chi connectivity index (χ1v) is 6.79. The Balaban J connectivity index is 2.51. The van der Waals surface area contributed by atoms with Crippen LogP contribution in [0.2, 0.25) is 0 Å². The summed E-state index contributed by atoms with van der Waals surface area (Å²) >= 11 is 4.93. The molecule has 3 amide bonds. The Morgan fingerprint density at radius 2 is 1.55 bits per heavy atom. The molecular formula is C13H19N5O3S. The number of anilines is 2. The second kappa shape index (κ2) is 7.46. The normalized spacial score (nSPS) is 10.3. The average molecular weight is 325 g/mol. The van der Waals surface area contributed by atoms with Crippen molar-refractivity contribution in [2.45, 2.75) is 26.4 Å². The quantitative estimate of drug-likeness (QED) is 0.419. The number of nitrogens with one attached hydrogen (secondary N) is 4. The van der Waals surface area contributed by atoms with E-state index in [1.807, 2.05) is 0 Å². The summed E-state index contributed by atoms with van der Waals surface area (Å²) in [6.07, 6.45) is -0.531. The van der Waals surface area contributed by atoms with Crippen molar-refractivity contribution in [3.05, 3.63) is 24.3 Å². The van der Waals surface area contributed by atoms with Crippen LogP contribution in [0.1, 0.15) is 20.8 Å². The van der Waals surface area contributed by atoms with E-state index in [2.05, 4.69) is 21.5 Å². The van der Waals surface area contributed by atoms with Crippen molar-refractivity contribution < 1.29 is 14.3 Å². The molecule has 0 saturated heterocycles. The molecule has 1 aromatic rings. The van der Waals surface area contributed by atoms with Crippen LogP contribution in [-0.2, 0) is 4.74 Å². The number of thiocarbonyl (C=S) groups is 1. The first kappa shape index (κ1) is 17.5. The molecule has 0 unspecified atom stereocenters. The molecule has 0 aliphatic rings. The van der Waals surface area contributed by atoms with Gasteiger partial charge in [0, 0.05) is 11.4 Å². The molecule has 1 rings (SSSR count). The van der Waals surface area contributed by atoms with E-state index in [4.69, 9.17) is 22.7 Å². The average Bonchev–Trinajstić information content (AvgIpc) is 2.36. The first-order valence-electron chi connectivity index (χ1n) is 6.38. The third-order valence-corrected chi connectivity index (χ3v) is 2.29. The number of hydrazine groups is 1. The molecule has 0 bridgehead atoms. The van der Waals surface area contributed by atoms with Gasteiger partial charge < -0.3 is 15.8 Å². The molecule has 0 aliphatic carbocycles. The molecular weight excluding hydrogens is 306 g/mol. The SMILES string of the molecule is CC(C)(C)OC(=O)Nc1ccc(NC(=S)NNC(N)=O)cc1. The van der Waals surface area contributed by atoms with E-state index in [9.17, 15) is 9.59 Å². The highest BCUT2D eigenvalue weighted by Crippen LogP contribution is 2.15. The van der Waals surface area contributed by atoms with E-state index in [0.29, 0.717) is 11.4 Å². The zero-order chi connectivity index (χ0) is 16.8. The molecule has 120 valence electrons. The van der Waals surface area contributed by atoms with Crippen LogP contribution in [0.15, 0.2) is 24.3 Å². The third-order valence-electron chi connectivity index (χ3n) is 2.09. The molecule has 1 aromatic carbocycles. The number of carbonyl (C=O) groups excluding carboxylic acids is 2. The van der Waals surface area contributed by atoms with Crippen LogP contribution in [-0.4, -0.2) is 22.8 Å². The van der Waals surface area contributed by atoms with Crippen molar-refractivity contribution in [2.24, 2.45) is 5.73 Å². The summed E-state index contributed by atoms with van der Waals surface area (Å²) in [5.74, 6) is 0. The van der Waals surface area contributed by atoms with Crippen LogP contribution >= 0.6 is 12.2 Å². The van der Waals surface area contributed by atoms with E-state index >= 15 is 0 Å². The predicted molar refractivity (Wildman–Crippen MR) is 88.4 cm³/mol. The summed E-state index contributed by atoms with van der Waals surface area (Å²) in [7, 11) is 0. The van der Waals surface area contributed by atoms with Gasteiger partial charge in [-0.2, -0.15) is 0 Å². The third kappa shape index (κ3) is 7.29. The second-order valence-corrected chi connectivity index (χ2v) is 5.68. The molecule has 6 N–H and O–H groups in total. The van der Waals surface area contributed by atoms with Crippen LogP contribution < -0.4 is 27.2 Å². The van der Waals surface area contributed by atoms with Gasteiger partial charge in [0.25, 0.3) is 0 Å². The van der Waals surface area contributed by atoms with E-state index in [0.717, 1.165) is 0 Å². The largest absolute Gasteiger partial charge is 0.444 e. The first-order chi connectivity index (χ1) is 10.2. The minimum Gasteiger partial charge on any atom is -0.444 e. The molecule has 0 fully saturated rings. The van der Waals surface area contributed by atoms with Gasteiger partial charge >= 0.3 is 12.1 Å². The highest BCUT2D eigenvalue weighted by atomic mass is 32.1. The van der Waals surface area contributed by atoms with E-state index in [1.54, 1.807) is 45.0 Å². The van der Waals surface area contributed by atoms with Crippen LogP contribution in [0, 0.1) is 0 Å². The molecule has 8 nitrogen and oxygen atoms in total. The van der Waals surface area contributed by atoms with Gasteiger partial charge in [-0.1, -0.05) is 0 Å². The maximum Gasteiger partial charge on any atom is 0.412 e. The summed E-state index contributed by atoms with van der Waals surface area (Å²) in [5, 5.41) is 5.60. The van der Waals surface area contributed by atoms with Crippen molar-refractivity contribution in [1.29, 1.82) is 0 Å². The summed E-state index contributed by atoms with van der Waals surface area (Å²) in [6.45, 7) is 5.36. The van der Waals surface area contributed by atoms with E-state index < -0.39 is 17.7 Å². The molecule has 0 aliphatic heterocycles. The number of carbonyl (C=O) groups is 2. The molecule has 22 heavy (non-hydrogen) atoms. The monoisotopic (exact) mass is 325 g/mol. The predicted octanol–water partition coefficient (Wildman–Crippen LogP) is 1.90. The van der Waals surface area contributed by atoms with Gasteiger partial charge in [-0.3, -0.25) is 10.7 Å². The van der Waals surface area contributed by atoms with Gasteiger partial charge in [-0.05, 0) is 57.3 Å². The maximum atomic E-state index is 11.6. The summed E-state index contributed by atoms with van der Waals surface area (Å²) < 4.78 is 5.14. The van der Waals surface area contributed by atoms with Gasteiger partial charge in [-0.25, -0.2) is 15.0 Å². The number of hydrogen-bond donors (Lipinski definition) is 5. The molecule has 9 heteroatoms. The summed E-state index contributed by atoms with van der Waals surface area (Å²) in [6, 6.07) is 6.00. The highest BCUT2D eigenvalue weighted by Gasteiger charge is 2.16. The van der Waals surface area contributed by atoms with Gasteiger partial charge in [-0.15, -0.1) is 0 Å². The number of amides is 3. The number of nitrogens with two attached hydrogens (primary N) is 1. The van der Waals surface area contributed by atoms with Gasteiger partial charge in [0.15, 0.2) is 5.11 Å². The maximum absolute atomic E-state index is 11.6. The Morgan fingerprint density at radius 1 is 1.05 bits per heavy atom. The molecule has 0 radical (unpaired) electrons. The summed E-state index contributed by atoms with van der Waals surface area (Å²) in [5.41, 5.74) is 10.1. The number of benzene rings is 1. The van der Waals surface area contributed by atoms with Crippen LogP contribution in [0.4, 0.5) is 21.0 Å². The number of rotatable bonds is 2. The Bertz CT molecular complexity index is 554. The lowest BCUT2D eigenvalue weighted by atomic mass is 10.2. The zero-order valence-electron chi connectivity index (χ0n) is 12.5. The van der Waals surface area contributed by atoms with Crippen molar-refractivity contribution in [3.8, 4) is 0 Å². The van der Waals surface area contributed by atoms with Gasteiger partial charge in [0.1, 0.15) is 5.60 Å². The molecule has 0 heterocycles.